The molecular formula is C17H20Cl2N2O3. The van der Waals surface area contributed by atoms with Gasteiger partial charge in [-0.2, -0.15) is 0 Å². The normalized spacial score (nSPS) is 24.4. The van der Waals surface area contributed by atoms with E-state index in [1.54, 1.807) is 17.9 Å². The van der Waals surface area contributed by atoms with Crippen LogP contribution in [0.25, 0.3) is 0 Å². The average molecular weight is 371 g/mol. The quantitative estimate of drug-likeness (QED) is 0.885. The van der Waals surface area contributed by atoms with Gasteiger partial charge in [-0.15, -0.1) is 0 Å². The van der Waals surface area contributed by atoms with E-state index in [0.717, 1.165) is 12.0 Å². The molecule has 1 N–H and O–H groups in total. The van der Waals surface area contributed by atoms with E-state index in [2.05, 4.69) is 5.32 Å². The Hall–Kier alpha value is -1.30. The monoisotopic (exact) mass is 370 g/mol. The minimum Gasteiger partial charge on any atom is -0.378 e. The second-order valence-electron chi connectivity index (χ2n) is 6.26. The number of hydrogen-bond donors (Lipinski definition) is 1. The fraction of sp³-hybridized carbons (Fsp3) is 0.529. The fourth-order valence-electron chi connectivity index (χ4n) is 3.08. The van der Waals surface area contributed by atoms with Crippen molar-refractivity contribution in [2.24, 2.45) is 5.92 Å². The molecule has 2 aliphatic rings. The Morgan fingerprint density at radius 1 is 1.29 bits per heavy atom. The Labute approximate surface area is 151 Å². The lowest BCUT2D eigenvalue weighted by atomic mass is 10.1. The van der Waals surface area contributed by atoms with Crippen LogP contribution in [0.15, 0.2) is 18.2 Å². The first-order chi connectivity index (χ1) is 11.5. The third-order valence-corrected chi connectivity index (χ3v) is 5.39. The minimum atomic E-state index is -0.535. The van der Waals surface area contributed by atoms with Gasteiger partial charge in [-0.3, -0.25) is 9.59 Å². The van der Waals surface area contributed by atoms with E-state index in [1.165, 1.54) is 0 Å². The molecule has 1 aliphatic heterocycles. The first kappa shape index (κ1) is 17.5. The molecule has 1 aliphatic carbocycles. The zero-order valence-corrected chi connectivity index (χ0v) is 14.9. The SMILES string of the molecule is C[C@H](NC(=O)[C@@H]1C[C@H]1c1cccc(Cl)c1Cl)C(=O)N1CCOCC1. The van der Waals surface area contributed by atoms with E-state index in [9.17, 15) is 9.59 Å². The fourth-order valence-corrected chi connectivity index (χ4v) is 3.52. The maximum absolute atomic E-state index is 12.4. The molecule has 0 spiro atoms. The van der Waals surface area contributed by atoms with Gasteiger partial charge < -0.3 is 15.0 Å². The van der Waals surface area contributed by atoms with Gasteiger partial charge in [0.15, 0.2) is 0 Å². The van der Waals surface area contributed by atoms with Crippen LogP contribution < -0.4 is 5.32 Å². The summed E-state index contributed by atoms with van der Waals surface area (Å²) in [5, 5.41) is 3.83. The van der Waals surface area contributed by atoms with E-state index >= 15 is 0 Å². The summed E-state index contributed by atoms with van der Waals surface area (Å²) in [5.41, 5.74) is 0.900. The van der Waals surface area contributed by atoms with E-state index in [-0.39, 0.29) is 23.7 Å². The zero-order valence-electron chi connectivity index (χ0n) is 13.4. The summed E-state index contributed by atoms with van der Waals surface area (Å²) in [6, 6.07) is 4.93. The largest absolute Gasteiger partial charge is 0.378 e. The van der Waals surface area contributed by atoms with Gasteiger partial charge >= 0.3 is 0 Å². The Morgan fingerprint density at radius 2 is 2.00 bits per heavy atom. The van der Waals surface area contributed by atoms with Crippen molar-refractivity contribution in [3.8, 4) is 0 Å². The number of hydrogen-bond acceptors (Lipinski definition) is 3. The van der Waals surface area contributed by atoms with Gasteiger partial charge in [-0.25, -0.2) is 0 Å². The molecule has 5 nitrogen and oxygen atoms in total. The molecule has 0 radical (unpaired) electrons. The van der Waals surface area contributed by atoms with Gasteiger partial charge in [0.1, 0.15) is 6.04 Å². The van der Waals surface area contributed by atoms with Crippen molar-refractivity contribution in [1.29, 1.82) is 0 Å². The molecule has 1 heterocycles. The van der Waals surface area contributed by atoms with Crippen LogP contribution in [0.1, 0.15) is 24.8 Å². The lowest BCUT2D eigenvalue weighted by molar-refractivity contribution is -0.139. The molecule has 1 saturated heterocycles. The van der Waals surface area contributed by atoms with E-state index in [4.69, 9.17) is 27.9 Å². The number of carbonyl (C=O) groups is 2. The summed E-state index contributed by atoms with van der Waals surface area (Å²) in [7, 11) is 0. The van der Waals surface area contributed by atoms with Crippen LogP contribution in [-0.2, 0) is 14.3 Å². The molecule has 2 fully saturated rings. The number of halogens is 2. The summed E-state index contributed by atoms with van der Waals surface area (Å²) < 4.78 is 5.24. The number of nitrogens with zero attached hydrogens (tertiary/aromatic N) is 1. The lowest BCUT2D eigenvalue weighted by Crippen LogP contribution is -2.50. The molecule has 7 heteroatoms. The number of amides is 2. The van der Waals surface area contributed by atoms with Crippen molar-refractivity contribution in [2.45, 2.75) is 25.3 Å². The van der Waals surface area contributed by atoms with Crippen LogP contribution in [0.5, 0.6) is 0 Å². The number of carbonyl (C=O) groups excluding carboxylic acids is 2. The Bertz CT molecular complexity index is 647. The van der Waals surface area contributed by atoms with Gasteiger partial charge in [-0.05, 0) is 30.9 Å². The number of ether oxygens (including phenoxy) is 1. The molecule has 1 aromatic rings. The lowest BCUT2D eigenvalue weighted by Gasteiger charge is -2.29. The third-order valence-electron chi connectivity index (χ3n) is 4.56. The van der Waals surface area contributed by atoms with Crippen molar-refractivity contribution in [2.75, 3.05) is 26.3 Å². The Morgan fingerprint density at radius 3 is 2.71 bits per heavy atom. The first-order valence-electron chi connectivity index (χ1n) is 8.10. The number of nitrogens with one attached hydrogen (secondary N) is 1. The van der Waals surface area contributed by atoms with Crippen LogP contribution in [0.4, 0.5) is 0 Å². The highest BCUT2D eigenvalue weighted by Gasteiger charge is 2.45. The molecule has 0 unspecified atom stereocenters. The van der Waals surface area contributed by atoms with Crippen LogP contribution in [0.3, 0.4) is 0 Å². The zero-order chi connectivity index (χ0) is 17.3. The number of rotatable bonds is 4. The van der Waals surface area contributed by atoms with Crippen molar-refractivity contribution in [3.63, 3.8) is 0 Å². The molecule has 2 amide bonds. The van der Waals surface area contributed by atoms with Gasteiger partial charge in [0.05, 0.1) is 23.3 Å². The van der Waals surface area contributed by atoms with Crippen molar-refractivity contribution >= 4 is 35.0 Å². The van der Waals surface area contributed by atoms with Crippen molar-refractivity contribution in [3.05, 3.63) is 33.8 Å². The molecule has 130 valence electrons. The summed E-state index contributed by atoms with van der Waals surface area (Å²) in [4.78, 5) is 26.5. The van der Waals surface area contributed by atoms with Gasteiger partial charge in [0.2, 0.25) is 11.8 Å². The first-order valence-corrected chi connectivity index (χ1v) is 8.85. The summed E-state index contributed by atoms with van der Waals surface area (Å²) >= 11 is 12.3. The van der Waals surface area contributed by atoms with E-state index < -0.39 is 6.04 Å². The average Bonchev–Trinajstić information content (AvgIpc) is 3.38. The molecule has 0 bridgehead atoms. The van der Waals surface area contributed by atoms with Gasteiger partial charge in [0, 0.05) is 19.0 Å². The minimum absolute atomic E-state index is 0.0652. The van der Waals surface area contributed by atoms with E-state index in [0.29, 0.717) is 36.3 Å². The molecule has 1 saturated carbocycles. The van der Waals surface area contributed by atoms with Gasteiger partial charge in [-0.1, -0.05) is 35.3 Å². The Balaban J connectivity index is 1.56. The van der Waals surface area contributed by atoms with Crippen molar-refractivity contribution in [1.82, 2.24) is 10.2 Å². The van der Waals surface area contributed by atoms with E-state index in [1.807, 2.05) is 12.1 Å². The summed E-state index contributed by atoms with van der Waals surface area (Å²) in [6.45, 7) is 3.96. The smallest absolute Gasteiger partial charge is 0.245 e. The predicted molar refractivity (Wildman–Crippen MR) is 92.3 cm³/mol. The molecule has 24 heavy (non-hydrogen) atoms. The topological polar surface area (TPSA) is 58.6 Å². The highest BCUT2D eigenvalue weighted by Crippen LogP contribution is 2.50. The second-order valence-corrected chi connectivity index (χ2v) is 7.04. The highest BCUT2D eigenvalue weighted by molar-refractivity contribution is 6.42. The number of benzene rings is 1. The Kier molecular flexibility index (Phi) is 5.33. The summed E-state index contributed by atoms with van der Waals surface area (Å²) in [5.74, 6) is -0.252. The third kappa shape index (κ3) is 3.68. The van der Waals surface area contributed by atoms with Crippen LogP contribution in [0, 0.1) is 5.92 Å². The molecule has 3 atom stereocenters. The maximum Gasteiger partial charge on any atom is 0.245 e. The standard InChI is InChI=1S/C17H20Cl2N2O3/c1-10(17(23)21-5-7-24-8-6-21)20-16(22)13-9-12(13)11-3-2-4-14(18)15(11)19/h2-4,10,12-13H,5-9H2,1H3,(H,20,22)/t10-,12-,13+/m0/s1. The maximum atomic E-state index is 12.4. The molecular weight excluding hydrogens is 351 g/mol. The molecule has 0 aromatic heterocycles. The van der Waals surface area contributed by atoms with Gasteiger partial charge in [0.25, 0.3) is 0 Å². The molecule has 1 aromatic carbocycles. The summed E-state index contributed by atoms with van der Waals surface area (Å²) in [6.07, 6.45) is 0.727. The van der Waals surface area contributed by atoms with Crippen LogP contribution in [-0.4, -0.2) is 49.1 Å². The van der Waals surface area contributed by atoms with Crippen molar-refractivity contribution < 1.29 is 14.3 Å². The molecule has 3 rings (SSSR count). The van der Waals surface area contributed by atoms with Crippen LogP contribution >= 0.6 is 23.2 Å². The highest BCUT2D eigenvalue weighted by atomic mass is 35.5. The van der Waals surface area contributed by atoms with Crippen LogP contribution in [0.2, 0.25) is 10.0 Å². The predicted octanol–water partition coefficient (Wildman–Crippen LogP) is 2.46. The number of morpholine rings is 1. The second kappa shape index (κ2) is 7.30.